The number of rotatable bonds is 4. The molecule has 2 aromatic heterocycles. The highest BCUT2D eigenvalue weighted by molar-refractivity contribution is 5.79. The van der Waals surface area contributed by atoms with Crippen LogP contribution < -0.4 is 0 Å². The first-order valence-corrected chi connectivity index (χ1v) is 9.25. The number of nitrogens with zero attached hydrogens (tertiary/aromatic N) is 5. The monoisotopic (exact) mass is 361 g/mol. The molecule has 138 valence electrons. The van der Waals surface area contributed by atoms with Gasteiger partial charge in [-0.2, -0.15) is 4.68 Å². The summed E-state index contributed by atoms with van der Waals surface area (Å²) in [5.41, 5.74) is 5.99. The van der Waals surface area contributed by atoms with Crippen LogP contribution in [-0.2, 0) is 0 Å². The number of oxazole rings is 1. The molecule has 6 heteroatoms. The molecule has 0 N–H and O–H groups in total. The van der Waals surface area contributed by atoms with Crippen molar-refractivity contribution in [2.24, 2.45) is 0 Å². The van der Waals surface area contributed by atoms with E-state index in [0.29, 0.717) is 23.6 Å². The van der Waals surface area contributed by atoms with Crippen molar-refractivity contribution in [2.45, 2.75) is 46.5 Å². The smallest absolute Gasteiger partial charge is 0.192 e. The first-order valence-electron chi connectivity index (χ1n) is 9.25. The molecule has 2 heterocycles. The lowest BCUT2D eigenvalue weighted by Gasteiger charge is -2.19. The maximum Gasteiger partial charge on any atom is 0.192 e. The Morgan fingerprint density at radius 3 is 2.33 bits per heavy atom. The lowest BCUT2D eigenvalue weighted by molar-refractivity contribution is 0.561. The first-order chi connectivity index (χ1) is 13.0. The van der Waals surface area contributed by atoms with Crippen LogP contribution >= 0.6 is 0 Å². The van der Waals surface area contributed by atoms with Gasteiger partial charge in [0.05, 0.1) is 5.69 Å². The zero-order valence-corrected chi connectivity index (χ0v) is 16.3. The molecule has 4 aromatic rings. The van der Waals surface area contributed by atoms with Crippen molar-refractivity contribution in [3.63, 3.8) is 0 Å². The number of hydrogen-bond acceptors (Lipinski definition) is 5. The van der Waals surface area contributed by atoms with Crippen LogP contribution in [-0.4, -0.2) is 25.2 Å². The Hall–Kier alpha value is -3.02. The highest BCUT2D eigenvalue weighted by Crippen LogP contribution is 2.33. The maximum absolute atomic E-state index is 5.69. The fourth-order valence-electron chi connectivity index (χ4n) is 3.45. The van der Waals surface area contributed by atoms with Crippen LogP contribution in [0.1, 0.15) is 56.5 Å². The summed E-state index contributed by atoms with van der Waals surface area (Å²) in [5.74, 6) is 2.06. The van der Waals surface area contributed by atoms with Crippen molar-refractivity contribution in [3.8, 4) is 17.1 Å². The van der Waals surface area contributed by atoms with Crippen LogP contribution in [0.3, 0.4) is 0 Å². The van der Waals surface area contributed by atoms with E-state index in [9.17, 15) is 0 Å². The summed E-state index contributed by atoms with van der Waals surface area (Å²) in [7, 11) is 0. The summed E-state index contributed by atoms with van der Waals surface area (Å²) < 4.78 is 7.54. The second-order valence-corrected chi connectivity index (χ2v) is 7.42. The van der Waals surface area contributed by atoms with E-state index in [-0.39, 0.29) is 0 Å². The highest BCUT2D eigenvalue weighted by Gasteiger charge is 2.21. The molecule has 0 atom stereocenters. The van der Waals surface area contributed by atoms with Gasteiger partial charge in [-0.1, -0.05) is 45.9 Å². The standard InChI is InChI=1S/C21H23N5O/c1-12(2)16-7-6-8-17(13(3)4)20(16)26-21(23-24-25-26)15-9-10-18-19(11-15)27-14(5)22-18/h6-13H,1-5H3. The second kappa shape index (κ2) is 6.61. The lowest BCUT2D eigenvalue weighted by Crippen LogP contribution is -2.09. The van der Waals surface area contributed by atoms with Crippen molar-refractivity contribution in [3.05, 3.63) is 53.4 Å². The molecule has 27 heavy (non-hydrogen) atoms. The molecule has 0 aliphatic carbocycles. The van der Waals surface area contributed by atoms with Crippen LogP contribution in [0.15, 0.2) is 40.8 Å². The van der Waals surface area contributed by atoms with Crippen molar-refractivity contribution >= 4 is 11.1 Å². The Balaban J connectivity index is 1.94. The summed E-state index contributed by atoms with van der Waals surface area (Å²) in [5, 5.41) is 12.6. The van der Waals surface area contributed by atoms with Gasteiger partial charge in [0.25, 0.3) is 0 Å². The van der Waals surface area contributed by atoms with Crippen LogP contribution in [0.5, 0.6) is 0 Å². The number of hydrogen-bond donors (Lipinski definition) is 0. The van der Waals surface area contributed by atoms with Gasteiger partial charge in [0, 0.05) is 12.5 Å². The summed E-state index contributed by atoms with van der Waals surface area (Å²) in [6.45, 7) is 10.6. The van der Waals surface area contributed by atoms with E-state index in [1.807, 2.05) is 29.8 Å². The minimum atomic E-state index is 0.357. The molecule has 0 saturated carbocycles. The zero-order chi connectivity index (χ0) is 19.1. The van der Waals surface area contributed by atoms with Crippen LogP contribution in [0.4, 0.5) is 0 Å². The molecule has 6 nitrogen and oxygen atoms in total. The summed E-state index contributed by atoms with van der Waals surface area (Å²) in [6, 6.07) is 12.3. The van der Waals surface area contributed by atoms with Gasteiger partial charge in [-0.15, -0.1) is 5.10 Å². The molecule has 0 radical (unpaired) electrons. The van der Waals surface area contributed by atoms with Crippen LogP contribution in [0, 0.1) is 6.92 Å². The van der Waals surface area contributed by atoms with E-state index in [2.05, 4.69) is 66.4 Å². The number of aromatic nitrogens is 5. The van der Waals surface area contributed by atoms with E-state index >= 15 is 0 Å². The summed E-state index contributed by atoms with van der Waals surface area (Å²) in [6.07, 6.45) is 0. The molecule has 2 aromatic carbocycles. The molecule has 0 unspecified atom stereocenters. The van der Waals surface area contributed by atoms with Crippen LogP contribution in [0.2, 0.25) is 0 Å². The number of para-hydroxylation sites is 1. The maximum atomic E-state index is 5.69. The molecule has 0 aliphatic rings. The number of fused-ring (bicyclic) bond motifs is 1. The van der Waals surface area contributed by atoms with Gasteiger partial charge in [0.15, 0.2) is 17.3 Å². The molecule has 0 saturated heterocycles. The van der Waals surface area contributed by atoms with Gasteiger partial charge < -0.3 is 4.42 Å². The molecular formula is C21H23N5O. The Morgan fingerprint density at radius 1 is 0.963 bits per heavy atom. The number of aryl methyl sites for hydroxylation is 1. The van der Waals surface area contributed by atoms with Gasteiger partial charge in [-0.3, -0.25) is 0 Å². The molecule has 4 rings (SSSR count). The van der Waals surface area contributed by atoms with Crippen molar-refractivity contribution < 1.29 is 4.42 Å². The minimum Gasteiger partial charge on any atom is -0.441 e. The molecular weight excluding hydrogens is 338 g/mol. The Morgan fingerprint density at radius 2 is 1.67 bits per heavy atom. The van der Waals surface area contributed by atoms with Crippen LogP contribution in [0.25, 0.3) is 28.2 Å². The Labute approximate surface area is 158 Å². The van der Waals surface area contributed by atoms with E-state index in [0.717, 1.165) is 22.4 Å². The van der Waals surface area contributed by atoms with Crippen molar-refractivity contribution in [1.82, 2.24) is 25.2 Å². The topological polar surface area (TPSA) is 69.6 Å². The van der Waals surface area contributed by atoms with Gasteiger partial charge in [0.2, 0.25) is 0 Å². The zero-order valence-electron chi connectivity index (χ0n) is 16.3. The SMILES string of the molecule is Cc1nc2ccc(-c3nnnn3-c3c(C(C)C)cccc3C(C)C)cc2o1. The minimum absolute atomic E-state index is 0.357. The largest absolute Gasteiger partial charge is 0.441 e. The quantitative estimate of drug-likeness (QED) is 0.510. The second-order valence-electron chi connectivity index (χ2n) is 7.42. The molecule has 0 amide bonds. The van der Waals surface area contributed by atoms with Crippen molar-refractivity contribution in [1.29, 1.82) is 0 Å². The lowest BCUT2D eigenvalue weighted by atomic mass is 9.92. The predicted octanol–water partition coefficient (Wildman–Crippen LogP) is 5.03. The summed E-state index contributed by atoms with van der Waals surface area (Å²) >= 11 is 0. The highest BCUT2D eigenvalue weighted by atomic mass is 16.3. The van der Waals surface area contributed by atoms with Gasteiger partial charge in [-0.05, 0) is 51.6 Å². The molecule has 0 spiro atoms. The molecule has 0 aliphatic heterocycles. The van der Waals surface area contributed by atoms with E-state index < -0.39 is 0 Å². The number of benzene rings is 2. The number of tetrazole rings is 1. The van der Waals surface area contributed by atoms with E-state index in [4.69, 9.17) is 4.42 Å². The predicted molar refractivity (Wildman–Crippen MR) is 105 cm³/mol. The molecule has 0 fully saturated rings. The Kier molecular flexibility index (Phi) is 4.26. The summed E-state index contributed by atoms with van der Waals surface area (Å²) in [4.78, 5) is 4.37. The average Bonchev–Trinajstić information content (AvgIpc) is 3.25. The van der Waals surface area contributed by atoms with Crippen molar-refractivity contribution in [2.75, 3.05) is 0 Å². The van der Waals surface area contributed by atoms with Gasteiger partial charge >= 0.3 is 0 Å². The third-order valence-corrected chi connectivity index (χ3v) is 4.78. The van der Waals surface area contributed by atoms with Gasteiger partial charge in [-0.25, -0.2) is 4.98 Å². The normalized spacial score (nSPS) is 11.8. The van der Waals surface area contributed by atoms with E-state index in [1.54, 1.807) is 0 Å². The van der Waals surface area contributed by atoms with E-state index in [1.165, 1.54) is 11.1 Å². The first kappa shape index (κ1) is 17.4. The molecule has 0 bridgehead atoms. The average molecular weight is 361 g/mol. The Bertz CT molecular complexity index is 1080. The fourth-order valence-corrected chi connectivity index (χ4v) is 3.45. The fraction of sp³-hybridized carbons (Fsp3) is 0.333. The van der Waals surface area contributed by atoms with Gasteiger partial charge in [0.1, 0.15) is 5.52 Å². The third kappa shape index (κ3) is 3.01. The third-order valence-electron chi connectivity index (χ3n) is 4.78.